The molecule has 2 aromatic rings. The van der Waals surface area contributed by atoms with Crippen LogP contribution in [0.2, 0.25) is 5.02 Å². The lowest BCUT2D eigenvalue weighted by atomic mass is 10.1. The van der Waals surface area contributed by atoms with E-state index in [9.17, 15) is 0 Å². The van der Waals surface area contributed by atoms with Gasteiger partial charge in [0.1, 0.15) is 5.82 Å². The zero-order valence-electron chi connectivity index (χ0n) is 12.0. The van der Waals surface area contributed by atoms with E-state index < -0.39 is 0 Å². The number of imidazole rings is 1. The van der Waals surface area contributed by atoms with Crippen molar-refractivity contribution in [3.05, 3.63) is 29.0 Å². The molecule has 0 aliphatic rings. The van der Waals surface area contributed by atoms with Crippen molar-refractivity contribution in [2.24, 2.45) is 0 Å². The highest BCUT2D eigenvalue weighted by Crippen LogP contribution is 2.26. The first-order chi connectivity index (χ1) is 9.77. The third kappa shape index (κ3) is 3.67. The summed E-state index contributed by atoms with van der Waals surface area (Å²) in [6, 6.07) is 5.85. The van der Waals surface area contributed by atoms with Gasteiger partial charge in [-0.15, -0.1) is 11.6 Å². The van der Waals surface area contributed by atoms with Gasteiger partial charge in [-0.3, -0.25) is 0 Å². The van der Waals surface area contributed by atoms with Crippen molar-refractivity contribution in [2.75, 3.05) is 0 Å². The second-order valence-electron chi connectivity index (χ2n) is 5.19. The van der Waals surface area contributed by atoms with Gasteiger partial charge in [0.25, 0.3) is 0 Å². The Morgan fingerprint density at radius 3 is 2.60 bits per heavy atom. The number of benzene rings is 1. The van der Waals surface area contributed by atoms with E-state index in [4.69, 9.17) is 23.2 Å². The number of aryl methyl sites for hydroxylation is 1. The Bertz CT molecular complexity index is 549. The first kappa shape index (κ1) is 15.7. The molecule has 0 aliphatic heterocycles. The first-order valence-corrected chi connectivity index (χ1v) is 8.38. The van der Waals surface area contributed by atoms with Crippen molar-refractivity contribution >= 4 is 34.2 Å². The fraction of sp³-hybridized carbons (Fsp3) is 0.562. The van der Waals surface area contributed by atoms with E-state index in [-0.39, 0.29) is 0 Å². The van der Waals surface area contributed by atoms with Crippen molar-refractivity contribution in [2.45, 2.75) is 57.9 Å². The number of hydrogen-bond acceptors (Lipinski definition) is 1. The van der Waals surface area contributed by atoms with E-state index in [1.54, 1.807) is 0 Å². The maximum atomic E-state index is 6.31. The predicted octanol–water partition coefficient (Wildman–Crippen LogP) is 5.79. The monoisotopic (exact) mass is 312 g/mol. The SMILES string of the molecule is CCCCCCCCn1c(CCl)nc2cccc(Cl)c21. The number of rotatable bonds is 8. The van der Waals surface area contributed by atoms with Gasteiger partial charge in [0, 0.05) is 6.54 Å². The van der Waals surface area contributed by atoms with Crippen LogP contribution in [-0.4, -0.2) is 9.55 Å². The number of halogens is 2. The Hall–Kier alpha value is -0.730. The molecule has 0 fully saturated rings. The summed E-state index contributed by atoms with van der Waals surface area (Å²) in [4.78, 5) is 4.57. The van der Waals surface area contributed by atoms with Crippen molar-refractivity contribution < 1.29 is 0 Å². The van der Waals surface area contributed by atoms with Gasteiger partial charge >= 0.3 is 0 Å². The predicted molar refractivity (Wildman–Crippen MR) is 87.7 cm³/mol. The zero-order valence-corrected chi connectivity index (χ0v) is 13.6. The Balaban J connectivity index is 2.04. The molecule has 0 N–H and O–H groups in total. The molecule has 0 saturated heterocycles. The summed E-state index contributed by atoms with van der Waals surface area (Å²) in [6.45, 7) is 3.20. The number of aromatic nitrogens is 2. The van der Waals surface area contributed by atoms with E-state index in [2.05, 4.69) is 16.5 Å². The van der Waals surface area contributed by atoms with Crippen LogP contribution in [0.5, 0.6) is 0 Å². The summed E-state index contributed by atoms with van der Waals surface area (Å²) >= 11 is 12.3. The lowest BCUT2D eigenvalue weighted by Gasteiger charge is -2.08. The van der Waals surface area contributed by atoms with Gasteiger partial charge in [-0.25, -0.2) is 4.98 Å². The Kier molecular flexibility index (Phi) is 6.18. The highest BCUT2D eigenvalue weighted by molar-refractivity contribution is 6.35. The van der Waals surface area contributed by atoms with Crippen LogP contribution < -0.4 is 0 Å². The number of hydrogen-bond donors (Lipinski definition) is 0. The van der Waals surface area contributed by atoms with E-state index >= 15 is 0 Å². The van der Waals surface area contributed by atoms with Gasteiger partial charge in [-0.1, -0.05) is 56.7 Å². The van der Waals surface area contributed by atoms with Crippen LogP contribution in [0.3, 0.4) is 0 Å². The minimum Gasteiger partial charge on any atom is -0.326 e. The molecule has 1 aromatic carbocycles. The highest BCUT2D eigenvalue weighted by atomic mass is 35.5. The molecule has 4 heteroatoms. The van der Waals surface area contributed by atoms with Crippen LogP contribution in [0.15, 0.2) is 18.2 Å². The number of unbranched alkanes of at least 4 members (excludes halogenated alkanes) is 5. The first-order valence-electron chi connectivity index (χ1n) is 7.47. The van der Waals surface area contributed by atoms with E-state index in [0.717, 1.165) is 34.8 Å². The van der Waals surface area contributed by atoms with Crippen LogP contribution >= 0.6 is 23.2 Å². The van der Waals surface area contributed by atoms with Gasteiger partial charge in [-0.2, -0.15) is 0 Å². The Labute approximate surface area is 131 Å². The van der Waals surface area contributed by atoms with E-state index in [1.807, 2.05) is 18.2 Å². The molecular weight excluding hydrogens is 291 g/mol. The van der Waals surface area contributed by atoms with Crippen molar-refractivity contribution in [3.8, 4) is 0 Å². The van der Waals surface area contributed by atoms with E-state index in [1.165, 1.54) is 32.1 Å². The summed E-state index contributed by atoms with van der Waals surface area (Å²) in [5.41, 5.74) is 1.97. The van der Waals surface area contributed by atoms with Gasteiger partial charge < -0.3 is 4.57 Å². The lowest BCUT2D eigenvalue weighted by Crippen LogP contribution is -2.03. The summed E-state index contributed by atoms with van der Waals surface area (Å²) in [7, 11) is 0. The van der Waals surface area contributed by atoms with Crippen molar-refractivity contribution in [1.82, 2.24) is 9.55 Å². The second-order valence-corrected chi connectivity index (χ2v) is 5.86. The molecule has 0 atom stereocenters. The maximum Gasteiger partial charge on any atom is 0.124 e. The number of fused-ring (bicyclic) bond motifs is 1. The molecule has 2 nitrogen and oxygen atoms in total. The van der Waals surface area contributed by atoms with Crippen LogP contribution in [0.25, 0.3) is 11.0 Å². The average molecular weight is 313 g/mol. The van der Waals surface area contributed by atoms with Crippen LogP contribution in [0.1, 0.15) is 51.3 Å². The molecule has 0 spiro atoms. The molecule has 0 aliphatic carbocycles. The quantitative estimate of drug-likeness (QED) is 0.445. The minimum absolute atomic E-state index is 0.431. The number of nitrogens with zero attached hydrogens (tertiary/aromatic N) is 2. The van der Waals surface area contributed by atoms with E-state index in [0.29, 0.717) is 5.88 Å². The minimum atomic E-state index is 0.431. The molecule has 110 valence electrons. The van der Waals surface area contributed by atoms with Crippen LogP contribution in [0, 0.1) is 0 Å². The molecule has 1 heterocycles. The van der Waals surface area contributed by atoms with Crippen LogP contribution in [0.4, 0.5) is 0 Å². The van der Waals surface area contributed by atoms with Crippen molar-refractivity contribution in [1.29, 1.82) is 0 Å². The molecular formula is C16H22Cl2N2. The number of para-hydroxylation sites is 1. The molecule has 0 saturated carbocycles. The van der Waals surface area contributed by atoms with Crippen LogP contribution in [-0.2, 0) is 12.4 Å². The average Bonchev–Trinajstić information content (AvgIpc) is 2.82. The summed E-state index contributed by atoms with van der Waals surface area (Å²) in [5.74, 6) is 1.35. The summed E-state index contributed by atoms with van der Waals surface area (Å²) < 4.78 is 2.19. The summed E-state index contributed by atoms with van der Waals surface area (Å²) in [6.07, 6.45) is 7.69. The number of alkyl halides is 1. The molecule has 0 amide bonds. The Morgan fingerprint density at radius 2 is 1.85 bits per heavy atom. The zero-order chi connectivity index (χ0) is 14.4. The largest absolute Gasteiger partial charge is 0.326 e. The van der Waals surface area contributed by atoms with Gasteiger partial charge in [0.15, 0.2) is 0 Å². The highest BCUT2D eigenvalue weighted by Gasteiger charge is 2.12. The molecule has 20 heavy (non-hydrogen) atoms. The molecule has 0 radical (unpaired) electrons. The molecule has 0 bridgehead atoms. The molecule has 0 unspecified atom stereocenters. The fourth-order valence-electron chi connectivity index (χ4n) is 2.58. The van der Waals surface area contributed by atoms with Gasteiger partial charge in [-0.05, 0) is 18.6 Å². The molecule has 1 aromatic heterocycles. The topological polar surface area (TPSA) is 17.8 Å². The fourth-order valence-corrected chi connectivity index (χ4v) is 3.06. The Morgan fingerprint density at radius 1 is 1.10 bits per heavy atom. The smallest absolute Gasteiger partial charge is 0.124 e. The van der Waals surface area contributed by atoms with Crippen molar-refractivity contribution in [3.63, 3.8) is 0 Å². The second kappa shape index (κ2) is 7.90. The normalized spacial score (nSPS) is 11.3. The molecule has 2 rings (SSSR count). The van der Waals surface area contributed by atoms with Gasteiger partial charge in [0.2, 0.25) is 0 Å². The van der Waals surface area contributed by atoms with Gasteiger partial charge in [0.05, 0.1) is 21.9 Å². The third-order valence-corrected chi connectivity index (χ3v) is 4.20. The standard InChI is InChI=1S/C16H22Cl2N2/c1-2-3-4-5-6-7-11-20-15(12-17)19-14-10-8-9-13(18)16(14)20/h8-10H,2-7,11-12H2,1H3. The maximum absolute atomic E-state index is 6.31. The lowest BCUT2D eigenvalue weighted by molar-refractivity contribution is 0.557. The summed E-state index contributed by atoms with van der Waals surface area (Å²) in [5, 5.41) is 0.761. The third-order valence-electron chi connectivity index (χ3n) is 3.65.